The van der Waals surface area contributed by atoms with E-state index in [-0.39, 0.29) is 23.8 Å². The number of rotatable bonds is 10. The molecule has 2 aromatic heterocycles. The van der Waals surface area contributed by atoms with E-state index in [4.69, 9.17) is 4.74 Å². The molecule has 0 unspecified atom stereocenters. The van der Waals surface area contributed by atoms with Crippen LogP contribution in [0.5, 0.6) is 5.88 Å². The first kappa shape index (κ1) is 18.6. The minimum Gasteiger partial charge on any atom is -0.467 e. The Kier molecular flexibility index (Phi) is 7.06. The second-order valence-corrected chi connectivity index (χ2v) is 5.46. The van der Waals surface area contributed by atoms with Gasteiger partial charge in [0.05, 0.1) is 11.6 Å². The van der Waals surface area contributed by atoms with Gasteiger partial charge in [-0.15, -0.1) is 0 Å². The Labute approximate surface area is 144 Å². The summed E-state index contributed by atoms with van der Waals surface area (Å²) in [5, 5.41) is 6.12. The summed E-state index contributed by atoms with van der Waals surface area (Å²) in [7, 11) is 0. The molecule has 0 bridgehead atoms. The van der Waals surface area contributed by atoms with Gasteiger partial charge in [-0.3, -0.25) is 9.59 Å². The molecule has 8 heteroatoms. The lowest BCUT2D eigenvalue weighted by Crippen LogP contribution is -2.43. The number of Topliss-reactive ketones (excluding diaryl/α,β-unsaturated/α-hetero) is 1. The van der Waals surface area contributed by atoms with Crippen LogP contribution in [0.3, 0.4) is 0 Å². The summed E-state index contributed by atoms with van der Waals surface area (Å²) >= 11 is 0. The maximum Gasteiger partial charge on any atom is 0.256 e. The minimum atomic E-state index is -0.876. The smallest absolute Gasteiger partial charge is 0.256 e. The molecule has 1 N–H and O–H groups in total. The second kappa shape index (κ2) is 9.51. The van der Waals surface area contributed by atoms with Crippen LogP contribution in [0.1, 0.15) is 43.0 Å². The van der Waals surface area contributed by atoms with Gasteiger partial charge in [0.2, 0.25) is 5.95 Å². The molecule has 0 aliphatic carbocycles. The molecule has 0 radical (unpaired) electrons. The number of pyridine rings is 1. The number of ketones is 1. The lowest BCUT2D eigenvalue weighted by molar-refractivity contribution is -0.123. The summed E-state index contributed by atoms with van der Waals surface area (Å²) in [6.45, 7) is 1.77. The maximum atomic E-state index is 13.6. The third-order valence-electron chi connectivity index (χ3n) is 3.57. The van der Waals surface area contributed by atoms with Crippen LogP contribution in [0.2, 0.25) is 0 Å². The molecule has 7 nitrogen and oxygen atoms in total. The summed E-state index contributed by atoms with van der Waals surface area (Å²) in [6, 6.07) is 3.48. The molecule has 0 fully saturated rings. The van der Waals surface area contributed by atoms with Crippen molar-refractivity contribution in [2.45, 2.75) is 38.6 Å². The maximum absolute atomic E-state index is 13.6. The zero-order valence-corrected chi connectivity index (χ0v) is 13.9. The Bertz CT molecular complexity index is 691. The van der Waals surface area contributed by atoms with E-state index in [9.17, 15) is 14.0 Å². The zero-order valence-electron chi connectivity index (χ0n) is 13.9. The largest absolute Gasteiger partial charge is 0.467 e. The quantitative estimate of drug-likeness (QED) is 0.523. The number of amides is 1. The van der Waals surface area contributed by atoms with Crippen LogP contribution < -0.4 is 10.1 Å². The number of halogens is 1. The predicted molar refractivity (Wildman–Crippen MR) is 86.6 cm³/mol. The number of ether oxygens (including phenoxy) is 1. The van der Waals surface area contributed by atoms with Crippen molar-refractivity contribution in [2.75, 3.05) is 6.61 Å². The molecule has 0 saturated carbocycles. The zero-order chi connectivity index (χ0) is 18.1. The number of nitrogens with zero attached hydrogens (tertiary/aromatic N) is 2. The monoisotopic (exact) mass is 349 g/mol. The van der Waals surface area contributed by atoms with Crippen LogP contribution in [0.15, 0.2) is 35.2 Å². The summed E-state index contributed by atoms with van der Waals surface area (Å²) in [4.78, 5) is 28.1. The molecule has 1 amide bonds. The Balaban J connectivity index is 1.99. The van der Waals surface area contributed by atoms with Crippen molar-refractivity contribution in [1.82, 2.24) is 15.5 Å². The van der Waals surface area contributed by atoms with E-state index in [1.165, 1.54) is 30.7 Å². The number of aromatic nitrogens is 2. The van der Waals surface area contributed by atoms with Gasteiger partial charge in [0.15, 0.2) is 12.4 Å². The van der Waals surface area contributed by atoms with Crippen LogP contribution in [0.4, 0.5) is 4.39 Å². The van der Waals surface area contributed by atoms with Crippen LogP contribution in [-0.2, 0) is 4.79 Å². The fraction of sp³-hybridized carbons (Fsp3) is 0.412. The average Bonchev–Trinajstić information content (AvgIpc) is 3.12. The molecule has 2 heterocycles. The average molecular weight is 349 g/mol. The molecule has 134 valence electrons. The Hall–Kier alpha value is -2.77. The van der Waals surface area contributed by atoms with E-state index >= 15 is 0 Å². The highest BCUT2D eigenvalue weighted by atomic mass is 19.1. The normalized spacial score (nSPS) is 11.8. The minimum absolute atomic E-state index is 0.185. The van der Waals surface area contributed by atoms with Crippen molar-refractivity contribution >= 4 is 11.7 Å². The molecular weight excluding hydrogens is 329 g/mol. The van der Waals surface area contributed by atoms with Crippen LogP contribution in [0.25, 0.3) is 0 Å². The summed E-state index contributed by atoms with van der Waals surface area (Å²) in [5.74, 6) is -1.69. The van der Waals surface area contributed by atoms with Gasteiger partial charge in [-0.25, -0.2) is 4.98 Å². The highest BCUT2D eigenvalue weighted by Gasteiger charge is 2.23. The van der Waals surface area contributed by atoms with Crippen molar-refractivity contribution in [3.8, 4) is 5.88 Å². The van der Waals surface area contributed by atoms with E-state index in [0.717, 1.165) is 19.3 Å². The SMILES string of the molecule is CCCCC[C@H](NC(=O)c1cccnc1F)C(=O)COc1ccon1. The van der Waals surface area contributed by atoms with E-state index in [1.54, 1.807) is 0 Å². The number of hydrogen-bond donors (Lipinski definition) is 1. The van der Waals surface area contributed by atoms with Crippen LogP contribution in [0, 0.1) is 5.95 Å². The fourth-order valence-corrected chi connectivity index (χ4v) is 2.23. The first-order valence-electron chi connectivity index (χ1n) is 8.09. The van der Waals surface area contributed by atoms with Gasteiger partial charge in [-0.05, 0) is 23.7 Å². The van der Waals surface area contributed by atoms with E-state index in [2.05, 4.69) is 20.0 Å². The molecule has 1 atom stereocenters. The van der Waals surface area contributed by atoms with Crippen molar-refractivity contribution in [1.29, 1.82) is 0 Å². The molecule has 25 heavy (non-hydrogen) atoms. The highest BCUT2D eigenvalue weighted by molar-refractivity contribution is 5.98. The molecule has 0 aliphatic rings. The lowest BCUT2D eigenvalue weighted by Gasteiger charge is -2.17. The predicted octanol–water partition coefficient (Wildman–Crippen LogP) is 2.54. The first-order chi connectivity index (χ1) is 12.1. The van der Waals surface area contributed by atoms with Crippen molar-refractivity contribution in [2.24, 2.45) is 0 Å². The van der Waals surface area contributed by atoms with E-state index in [1.807, 2.05) is 6.92 Å². The van der Waals surface area contributed by atoms with Crippen LogP contribution >= 0.6 is 0 Å². The number of carbonyl (C=O) groups excluding carboxylic acids is 2. The topological polar surface area (TPSA) is 94.3 Å². The van der Waals surface area contributed by atoms with Gasteiger partial charge in [-0.2, -0.15) is 4.39 Å². The lowest BCUT2D eigenvalue weighted by atomic mass is 10.0. The van der Waals surface area contributed by atoms with Gasteiger partial charge in [0.1, 0.15) is 6.26 Å². The third-order valence-corrected chi connectivity index (χ3v) is 3.57. The molecule has 0 spiro atoms. The van der Waals surface area contributed by atoms with Crippen molar-refractivity contribution < 1.29 is 23.2 Å². The van der Waals surface area contributed by atoms with Gasteiger partial charge < -0.3 is 14.6 Å². The van der Waals surface area contributed by atoms with Gasteiger partial charge in [-0.1, -0.05) is 26.2 Å². The first-order valence-corrected chi connectivity index (χ1v) is 8.09. The molecule has 2 rings (SSSR count). The number of hydrogen-bond acceptors (Lipinski definition) is 6. The Morgan fingerprint density at radius 1 is 1.36 bits per heavy atom. The molecule has 0 aromatic carbocycles. The molecule has 2 aromatic rings. The fourth-order valence-electron chi connectivity index (χ4n) is 2.23. The van der Waals surface area contributed by atoms with Crippen LogP contribution in [-0.4, -0.2) is 34.5 Å². The summed E-state index contributed by atoms with van der Waals surface area (Å²) < 4.78 is 23.5. The van der Waals surface area contributed by atoms with Gasteiger partial charge >= 0.3 is 0 Å². The number of nitrogens with one attached hydrogen (secondary N) is 1. The van der Waals surface area contributed by atoms with E-state index < -0.39 is 17.9 Å². The third kappa shape index (κ3) is 5.66. The van der Waals surface area contributed by atoms with Crippen molar-refractivity contribution in [3.63, 3.8) is 0 Å². The van der Waals surface area contributed by atoms with Gasteiger partial charge in [0, 0.05) is 12.3 Å². The number of unbranched alkanes of at least 4 members (excludes halogenated alkanes) is 2. The Morgan fingerprint density at radius 3 is 2.88 bits per heavy atom. The molecule has 0 saturated heterocycles. The standard InChI is InChI=1S/C17H20FN3O4/c1-2-3-4-7-13(14(22)11-24-15-8-10-25-21-15)20-17(23)12-6-5-9-19-16(12)18/h5-6,8-10,13H,2-4,7,11H2,1H3,(H,20,23)/t13-/m0/s1. The highest BCUT2D eigenvalue weighted by Crippen LogP contribution is 2.10. The number of carbonyl (C=O) groups is 2. The summed E-state index contributed by atoms with van der Waals surface area (Å²) in [5.41, 5.74) is -0.201. The summed E-state index contributed by atoms with van der Waals surface area (Å²) in [6.07, 6.45) is 5.68. The van der Waals surface area contributed by atoms with Crippen molar-refractivity contribution in [3.05, 3.63) is 42.2 Å². The van der Waals surface area contributed by atoms with Gasteiger partial charge in [0.25, 0.3) is 11.8 Å². The van der Waals surface area contributed by atoms with E-state index in [0.29, 0.717) is 6.42 Å². The molecule has 0 aliphatic heterocycles. The Morgan fingerprint density at radius 2 is 2.20 bits per heavy atom. The second-order valence-electron chi connectivity index (χ2n) is 5.46. The molecular formula is C17H20FN3O4.